The summed E-state index contributed by atoms with van der Waals surface area (Å²) in [6.45, 7) is 4.64. The Kier molecular flexibility index (Phi) is 3.49. The molecule has 2 aromatic heterocycles. The van der Waals surface area contributed by atoms with Gasteiger partial charge in [-0.05, 0) is 38.8 Å². The van der Waals surface area contributed by atoms with Gasteiger partial charge in [0.2, 0.25) is 5.91 Å². The molecule has 5 heteroatoms. The molecule has 3 rings (SSSR count). The first-order valence-corrected chi connectivity index (χ1v) is 7.29. The summed E-state index contributed by atoms with van der Waals surface area (Å²) < 4.78 is 1.97. The molecule has 1 amide bonds. The Morgan fingerprint density at radius 3 is 2.90 bits per heavy atom. The Balaban J connectivity index is 1.66. The summed E-state index contributed by atoms with van der Waals surface area (Å²) in [5.41, 5.74) is 1.61. The third kappa shape index (κ3) is 2.96. The first-order valence-electron chi connectivity index (χ1n) is 7.29. The van der Waals surface area contributed by atoms with Crippen molar-refractivity contribution >= 4 is 5.91 Å². The lowest BCUT2D eigenvalue weighted by Gasteiger charge is -2.20. The summed E-state index contributed by atoms with van der Waals surface area (Å²) in [5.74, 6) is 0.118. The molecule has 5 nitrogen and oxygen atoms in total. The lowest BCUT2D eigenvalue weighted by molar-refractivity contribution is -0.127. The number of pyridine rings is 1. The monoisotopic (exact) mass is 284 g/mol. The second kappa shape index (κ2) is 5.31. The van der Waals surface area contributed by atoms with Crippen LogP contribution in [0.25, 0.3) is 0 Å². The highest BCUT2D eigenvalue weighted by molar-refractivity contribution is 5.85. The molecule has 0 aromatic carbocycles. The minimum atomic E-state index is -0.265. The maximum absolute atomic E-state index is 12.5. The van der Waals surface area contributed by atoms with Crippen LogP contribution >= 0.6 is 0 Å². The van der Waals surface area contributed by atoms with Gasteiger partial charge in [-0.15, -0.1) is 0 Å². The van der Waals surface area contributed by atoms with E-state index in [-0.39, 0.29) is 17.4 Å². The first-order chi connectivity index (χ1) is 10.1. The molecular weight excluding hydrogens is 264 g/mol. The summed E-state index contributed by atoms with van der Waals surface area (Å²) in [4.78, 5) is 21.1. The SMILES string of the molecule is Cc1cccc([C@H](C)NC(=O)C2(Cn3ccnc3)CC2)n1. The van der Waals surface area contributed by atoms with Gasteiger partial charge in [-0.3, -0.25) is 9.78 Å². The minimum absolute atomic E-state index is 0.0716. The quantitative estimate of drug-likeness (QED) is 0.916. The molecule has 2 heterocycles. The van der Waals surface area contributed by atoms with Gasteiger partial charge >= 0.3 is 0 Å². The third-order valence-electron chi connectivity index (χ3n) is 4.08. The summed E-state index contributed by atoms with van der Waals surface area (Å²) in [6, 6.07) is 5.81. The van der Waals surface area contributed by atoms with Crippen molar-refractivity contribution in [2.75, 3.05) is 0 Å². The fraction of sp³-hybridized carbons (Fsp3) is 0.438. The Labute approximate surface area is 124 Å². The van der Waals surface area contributed by atoms with Crippen LogP contribution in [0.3, 0.4) is 0 Å². The first kappa shape index (κ1) is 13.8. The van der Waals surface area contributed by atoms with Gasteiger partial charge in [0.1, 0.15) is 0 Å². The van der Waals surface area contributed by atoms with Gasteiger partial charge < -0.3 is 9.88 Å². The van der Waals surface area contributed by atoms with Crippen molar-refractivity contribution in [1.29, 1.82) is 0 Å². The third-order valence-corrected chi connectivity index (χ3v) is 4.08. The predicted octanol–water partition coefficient (Wildman–Crippen LogP) is 2.24. The van der Waals surface area contributed by atoms with E-state index in [0.29, 0.717) is 6.54 Å². The van der Waals surface area contributed by atoms with Crippen molar-refractivity contribution in [1.82, 2.24) is 19.9 Å². The highest BCUT2D eigenvalue weighted by Gasteiger charge is 2.50. The highest BCUT2D eigenvalue weighted by Crippen LogP contribution is 2.47. The van der Waals surface area contributed by atoms with Crippen molar-refractivity contribution in [3.8, 4) is 0 Å². The number of nitrogens with zero attached hydrogens (tertiary/aromatic N) is 3. The molecule has 0 radical (unpaired) electrons. The predicted molar refractivity (Wildman–Crippen MR) is 79.4 cm³/mol. The number of carbonyl (C=O) groups excluding carboxylic acids is 1. The second-order valence-corrected chi connectivity index (χ2v) is 5.91. The van der Waals surface area contributed by atoms with Crippen LogP contribution in [0.1, 0.15) is 37.2 Å². The van der Waals surface area contributed by atoms with Gasteiger partial charge in [-0.25, -0.2) is 4.98 Å². The van der Waals surface area contributed by atoms with E-state index in [9.17, 15) is 4.79 Å². The number of carbonyl (C=O) groups is 1. The number of imidazole rings is 1. The minimum Gasteiger partial charge on any atom is -0.347 e. The van der Waals surface area contributed by atoms with Gasteiger partial charge in [0.15, 0.2) is 0 Å². The van der Waals surface area contributed by atoms with Crippen LogP contribution in [0.2, 0.25) is 0 Å². The average molecular weight is 284 g/mol. The van der Waals surface area contributed by atoms with E-state index in [2.05, 4.69) is 15.3 Å². The van der Waals surface area contributed by atoms with Crippen molar-refractivity contribution in [2.24, 2.45) is 5.41 Å². The molecule has 0 aliphatic heterocycles. The van der Waals surface area contributed by atoms with E-state index in [4.69, 9.17) is 0 Å². The Morgan fingerprint density at radius 2 is 2.29 bits per heavy atom. The van der Waals surface area contributed by atoms with Crippen LogP contribution in [-0.4, -0.2) is 20.4 Å². The average Bonchev–Trinajstić information content (AvgIpc) is 3.06. The summed E-state index contributed by atoms with van der Waals surface area (Å²) in [6.07, 6.45) is 7.28. The molecule has 1 aliphatic rings. The van der Waals surface area contributed by atoms with Crippen LogP contribution in [0, 0.1) is 12.3 Å². The maximum atomic E-state index is 12.5. The molecule has 0 saturated heterocycles. The van der Waals surface area contributed by atoms with E-state index < -0.39 is 0 Å². The van der Waals surface area contributed by atoms with E-state index >= 15 is 0 Å². The van der Waals surface area contributed by atoms with Crippen LogP contribution < -0.4 is 5.32 Å². The molecular formula is C16H20N4O. The molecule has 0 unspecified atom stereocenters. The van der Waals surface area contributed by atoms with E-state index in [1.807, 2.05) is 42.8 Å². The summed E-state index contributed by atoms with van der Waals surface area (Å²) in [5, 5.41) is 3.10. The van der Waals surface area contributed by atoms with Crippen molar-refractivity contribution in [3.05, 3.63) is 48.3 Å². The van der Waals surface area contributed by atoms with Gasteiger partial charge in [-0.2, -0.15) is 0 Å². The zero-order chi connectivity index (χ0) is 14.9. The Morgan fingerprint density at radius 1 is 1.48 bits per heavy atom. The van der Waals surface area contributed by atoms with Crippen LogP contribution in [0.4, 0.5) is 0 Å². The van der Waals surface area contributed by atoms with Gasteiger partial charge in [-0.1, -0.05) is 6.07 Å². The zero-order valence-corrected chi connectivity index (χ0v) is 12.4. The largest absolute Gasteiger partial charge is 0.347 e. The number of aryl methyl sites for hydroxylation is 1. The molecule has 21 heavy (non-hydrogen) atoms. The molecule has 2 aromatic rings. The van der Waals surface area contributed by atoms with E-state index in [0.717, 1.165) is 24.2 Å². The number of hydrogen-bond donors (Lipinski definition) is 1. The summed E-state index contributed by atoms with van der Waals surface area (Å²) >= 11 is 0. The molecule has 0 spiro atoms. The molecule has 1 fully saturated rings. The number of hydrogen-bond acceptors (Lipinski definition) is 3. The lowest BCUT2D eigenvalue weighted by atomic mass is 10.1. The maximum Gasteiger partial charge on any atom is 0.228 e. The Hall–Kier alpha value is -2.17. The number of amides is 1. The standard InChI is InChI=1S/C16H20N4O/c1-12-4-3-5-14(18-12)13(2)19-15(21)16(6-7-16)10-20-9-8-17-11-20/h3-5,8-9,11,13H,6-7,10H2,1-2H3,(H,19,21)/t13-/m0/s1. The lowest BCUT2D eigenvalue weighted by Crippen LogP contribution is -2.36. The van der Waals surface area contributed by atoms with Crippen LogP contribution in [0.15, 0.2) is 36.9 Å². The molecule has 1 saturated carbocycles. The van der Waals surface area contributed by atoms with Crippen molar-refractivity contribution in [3.63, 3.8) is 0 Å². The van der Waals surface area contributed by atoms with Gasteiger partial charge in [0.25, 0.3) is 0 Å². The van der Waals surface area contributed by atoms with E-state index in [1.165, 1.54) is 0 Å². The number of rotatable bonds is 5. The number of aromatic nitrogens is 3. The fourth-order valence-corrected chi connectivity index (χ4v) is 2.57. The van der Waals surface area contributed by atoms with Crippen LogP contribution in [-0.2, 0) is 11.3 Å². The molecule has 110 valence electrons. The Bertz CT molecular complexity index is 631. The second-order valence-electron chi connectivity index (χ2n) is 5.91. The van der Waals surface area contributed by atoms with Gasteiger partial charge in [0.05, 0.1) is 23.5 Å². The zero-order valence-electron chi connectivity index (χ0n) is 12.4. The normalized spacial score (nSPS) is 17.2. The summed E-state index contributed by atoms with van der Waals surface area (Å²) in [7, 11) is 0. The molecule has 1 aliphatic carbocycles. The van der Waals surface area contributed by atoms with Crippen molar-refractivity contribution in [2.45, 2.75) is 39.3 Å². The van der Waals surface area contributed by atoms with Gasteiger partial charge in [0, 0.05) is 24.6 Å². The smallest absolute Gasteiger partial charge is 0.228 e. The molecule has 1 N–H and O–H groups in total. The molecule has 0 bridgehead atoms. The van der Waals surface area contributed by atoms with Crippen LogP contribution in [0.5, 0.6) is 0 Å². The fourth-order valence-electron chi connectivity index (χ4n) is 2.57. The molecule has 1 atom stereocenters. The van der Waals surface area contributed by atoms with Crippen molar-refractivity contribution < 1.29 is 4.79 Å². The number of nitrogens with one attached hydrogen (secondary N) is 1. The van der Waals surface area contributed by atoms with E-state index in [1.54, 1.807) is 12.5 Å². The topological polar surface area (TPSA) is 59.8 Å². The highest BCUT2D eigenvalue weighted by atomic mass is 16.2.